The maximum Gasteiger partial charge on any atom is 0.235 e. The lowest BCUT2D eigenvalue weighted by Crippen LogP contribution is -1.93. The largest absolute Gasteiger partial charge is 0.495 e. The lowest BCUT2D eigenvalue weighted by molar-refractivity contribution is 0.415. The second-order valence-electron chi connectivity index (χ2n) is 4.00. The van der Waals surface area contributed by atoms with Crippen LogP contribution in [0.25, 0.3) is 15.5 Å². The number of halogens is 1. The van der Waals surface area contributed by atoms with Crippen molar-refractivity contribution in [2.24, 2.45) is 0 Å². The normalized spacial score (nSPS) is 11.2. The molecule has 2 aromatic heterocycles. The van der Waals surface area contributed by atoms with Gasteiger partial charge in [0.15, 0.2) is 5.82 Å². The molecule has 0 N–H and O–H groups in total. The van der Waals surface area contributed by atoms with Gasteiger partial charge >= 0.3 is 0 Å². The van der Waals surface area contributed by atoms with Crippen LogP contribution in [-0.2, 0) is 5.75 Å². The van der Waals surface area contributed by atoms with Crippen LogP contribution >= 0.6 is 34.7 Å². The van der Waals surface area contributed by atoms with Crippen molar-refractivity contribution < 1.29 is 4.74 Å². The van der Waals surface area contributed by atoms with Gasteiger partial charge in [-0.05, 0) is 24.5 Å². The number of rotatable bonds is 4. The molecule has 0 aliphatic heterocycles. The van der Waals surface area contributed by atoms with Gasteiger partial charge in [-0.25, -0.2) is 0 Å². The zero-order valence-electron chi connectivity index (χ0n) is 10.8. The van der Waals surface area contributed by atoms with Crippen LogP contribution in [0, 0.1) is 0 Å². The van der Waals surface area contributed by atoms with Crippen molar-refractivity contribution in [3.05, 3.63) is 29.0 Å². The zero-order valence-corrected chi connectivity index (χ0v) is 13.2. The van der Waals surface area contributed by atoms with Crippen LogP contribution < -0.4 is 4.74 Å². The molecule has 0 bridgehead atoms. The average Bonchev–Trinajstić information content (AvgIpc) is 3.01. The number of ether oxygens (including phenoxy) is 1. The second-order valence-corrected chi connectivity index (χ2v) is 6.23. The van der Waals surface area contributed by atoms with Gasteiger partial charge in [-0.2, -0.15) is 21.4 Å². The van der Waals surface area contributed by atoms with E-state index >= 15 is 0 Å². The van der Waals surface area contributed by atoms with E-state index in [1.807, 2.05) is 24.5 Å². The summed E-state index contributed by atoms with van der Waals surface area (Å²) in [6.45, 7) is 0. The number of hydrogen-bond acceptors (Lipinski definition) is 6. The maximum atomic E-state index is 6.15. The molecule has 0 saturated heterocycles. The smallest absolute Gasteiger partial charge is 0.235 e. The number of fused-ring (bicyclic) bond motifs is 1. The first-order valence-corrected chi connectivity index (χ1v) is 8.35. The number of thioether (sulfide) groups is 1. The van der Waals surface area contributed by atoms with Gasteiger partial charge < -0.3 is 4.74 Å². The van der Waals surface area contributed by atoms with Crippen molar-refractivity contribution in [2.75, 3.05) is 13.4 Å². The summed E-state index contributed by atoms with van der Waals surface area (Å²) in [4.78, 5) is 0.788. The third kappa shape index (κ3) is 2.36. The van der Waals surface area contributed by atoms with Crippen LogP contribution in [-0.4, -0.2) is 33.2 Å². The Kier molecular flexibility index (Phi) is 3.82. The lowest BCUT2D eigenvalue weighted by atomic mass is 10.2. The van der Waals surface area contributed by atoms with Crippen molar-refractivity contribution in [1.82, 2.24) is 19.8 Å². The molecule has 8 heteroatoms. The molecule has 3 rings (SSSR count). The van der Waals surface area contributed by atoms with Crippen LogP contribution in [0.15, 0.2) is 18.2 Å². The van der Waals surface area contributed by atoms with Gasteiger partial charge in [-0.3, -0.25) is 0 Å². The van der Waals surface area contributed by atoms with Crippen molar-refractivity contribution in [3.63, 3.8) is 0 Å². The number of hydrogen-bond donors (Lipinski definition) is 0. The molecule has 1 aromatic carbocycles. The van der Waals surface area contributed by atoms with Crippen LogP contribution in [0.1, 0.15) is 5.82 Å². The third-order valence-corrected chi connectivity index (χ3v) is 4.52. The standard InChI is InChI=1S/C12H11ClN4OS2/c1-18-9-4-3-7(5-8(9)13)11-16-17-10(6-19-2)14-15-12(17)20-11/h3-5H,6H2,1-2H3. The van der Waals surface area contributed by atoms with Crippen molar-refractivity contribution in [1.29, 1.82) is 0 Å². The molecule has 0 unspecified atom stereocenters. The van der Waals surface area contributed by atoms with E-state index in [1.54, 1.807) is 23.4 Å². The molecule has 0 aliphatic carbocycles. The SMILES string of the molecule is COc1ccc(-c2nn3c(CSC)nnc3s2)cc1Cl. The summed E-state index contributed by atoms with van der Waals surface area (Å²) in [5.41, 5.74) is 0.946. The summed E-state index contributed by atoms with van der Waals surface area (Å²) in [5, 5.41) is 14.2. The molecule has 0 amide bonds. The highest BCUT2D eigenvalue weighted by molar-refractivity contribution is 7.97. The Hall–Kier alpha value is -1.31. The molecule has 0 spiro atoms. The fourth-order valence-electron chi connectivity index (χ4n) is 1.79. The van der Waals surface area contributed by atoms with Gasteiger partial charge in [0.25, 0.3) is 0 Å². The van der Waals surface area contributed by atoms with E-state index in [4.69, 9.17) is 16.3 Å². The molecule has 5 nitrogen and oxygen atoms in total. The summed E-state index contributed by atoms with van der Waals surface area (Å²) in [6, 6.07) is 5.62. The fraction of sp³-hybridized carbons (Fsp3) is 0.250. The Labute approximate surface area is 128 Å². The van der Waals surface area contributed by atoms with E-state index in [9.17, 15) is 0 Å². The highest BCUT2D eigenvalue weighted by atomic mass is 35.5. The highest BCUT2D eigenvalue weighted by Crippen LogP contribution is 2.32. The molecule has 0 fully saturated rings. The monoisotopic (exact) mass is 326 g/mol. The Morgan fingerprint density at radius 1 is 1.40 bits per heavy atom. The van der Waals surface area contributed by atoms with Gasteiger partial charge in [-0.15, -0.1) is 10.2 Å². The van der Waals surface area contributed by atoms with Crippen molar-refractivity contribution in [2.45, 2.75) is 5.75 Å². The molecule has 20 heavy (non-hydrogen) atoms. The van der Waals surface area contributed by atoms with Crippen molar-refractivity contribution >= 4 is 39.7 Å². The summed E-state index contributed by atoms with van der Waals surface area (Å²) >= 11 is 9.33. The molecule has 104 valence electrons. The van der Waals surface area contributed by atoms with Gasteiger partial charge in [0.2, 0.25) is 4.96 Å². The Bertz CT molecular complexity index is 755. The Morgan fingerprint density at radius 2 is 2.25 bits per heavy atom. The van der Waals surface area contributed by atoms with Crippen LogP contribution in [0.3, 0.4) is 0 Å². The quantitative estimate of drug-likeness (QED) is 0.735. The van der Waals surface area contributed by atoms with Crippen molar-refractivity contribution in [3.8, 4) is 16.3 Å². The summed E-state index contributed by atoms with van der Waals surface area (Å²) in [5.74, 6) is 2.30. The predicted molar refractivity (Wildman–Crippen MR) is 82.9 cm³/mol. The van der Waals surface area contributed by atoms with E-state index < -0.39 is 0 Å². The molecular weight excluding hydrogens is 316 g/mol. The third-order valence-electron chi connectivity index (χ3n) is 2.73. The van der Waals surface area contributed by atoms with Gasteiger partial charge in [-0.1, -0.05) is 22.9 Å². The first kappa shape index (κ1) is 13.7. The number of methoxy groups -OCH3 is 1. The van der Waals surface area contributed by atoms with Crippen LogP contribution in [0.2, 0.25) is 5.02 Å². The average molecular weight is 327 g/mol. The summed E-state index contributed by atoms with van der Waals surface area (Å²) in [7, 11) is 1.60. The number of benzene rings is 1. The fourth-order valence-corrected chi connectivity index (χ4v) is 3.34. The Morgan fingerprint density at radius 3 is 2.95 bits per heavy atom. The zero-order chi connectivity index (χ0) is 14.1. The molecule has 0 aliphatic rings. The molecule has 3 aromatic rings. The second kappa shape index (κ2) is 5.59. The molecule has 2 heterocycles. The number of aromatic nitrogens is 4. The minimum atomic E-state index is 0.570. The van der Waals surface area contributed by atoms with E-state index in [0.717, 1.165) is 27.1 Å². The lowest BCUT2D eigenvalue weighted by Gasteiger charge is -2.03. The predicted octanol–water partition coefficient (Wildman–Crippen LogP) is 3.38. The van der Waals surface area contributed by atoms with Gasteiger partial charge in [0.1, 0.15) is 10.8 Å². The van der Waals surface area contributed by atoms with E-state index in [0.29, 0.717) is 10.8 Å². The summed E-state index contributed by atoms with van der Waals surface area (Å²) in [6.07, 6.45) is 2.03. The van der Waals surface area contributed by atoms with E-state index in [1.165, 1.54) is 11.3 Å². The number of nitrogens with zero attached hydrogens (tertiary/aromatic N) is 4. The molecule has 0 atom stereocenters. The topological polar surface area (TPSA) is 52.3 Å². The first-order chi connectivity index (χ1) is 9.72. The van der Waals surface area contributed by atoms with E-state index in [2.05, 4.69) is 15.3 Å². The minimum absolute atomic E-state index is 0.570. The first-order valence-electron chi connectivity index (χ1n) is 5.77. The highest BCUT2D eigenvalue weighted by Gasteiger charge is 2.13. The van der Waals surface area contributed by atoms with Crippen LogP contribution in [0.4, 0.5) is 0 Å². The molecule has 0 radical (unpaired) electrons. The van der Waals surface area contributed by atoms with Gasteiger partial charge in [0, 0.05) is 5.56 Å². The van der Waals surface area contributed by atoms with Crippen LogP contribution in [0.5, 0.6) is 5.75 Å². The molecule has 0 saturated carbocycles. The maximum absolute atomic E-state index is 6.15. The summed E-state index contributed by atoms with van der Waals surface area (Å²) < 4.78 is 6.94. The van der Waals surface area contributed by atoms with Gasteiger partial charge in [0.05, 0.1) is 17.9 Å². The van der Waals surface area contributed by atoms with E-state index in [-0.39, 0.29) is 0 Å². The Balaban J connectivity index is 2.03. The molecular formula is C12H11ClN4OS2. The minimum Gasteiger partial charge on any atom is -0.495 e.